The number of carboxylic acids is 1. The molecule has 1 aromatic carbocycles. The van der Waals surface area contributed by atoms with Gasteiger partial charge in [-0.05, 0) is 23.8 Å². The Bertz CT molecular complexity index is 449. The average molecular weight is 266 g/mol. The van der Waals surface area contributed by atoms with Crippen molar-refractivity contribution in [2.75, 3.05) is 20.5 Å². The van der Waals surface area contributed by atoms with Crippen LogP contribution in [0.3, 0.4) is 0 Å². The standard InChI is InChI=1S/C13H14O6/c1-17-11-5-2-10(3-6-11)4-7-13(16)19-9-18-8-12(14)15/h2-7H,8-9H2,1H3,(H,14,15)/b7-4+. The largest absolute Gasteiger partial charge is 0.497 e. The Kier molecular flexibility index (Phi) is 6.11. The van der Waals surface area contributed by atoms with Crippen molar-refractivity contribution in [2.45, 2.75) is 0 Å². The number of carbonyl (C=O) groups excluding carboxylic acids is 1. The number of methoxy groups -OCH3 is 1. The predicted molar refractivity (Wildman–Crippen MR) is 66.6 cm³/mol. The first-order valence-corrected chi connectivity index (χ1v) is 5.40. The van der Waals surface area contributed by atoms with E-state index in [1.807, 2.05) is 0 Å². The van der Waals surface area contributed by atoms with Gasteiger partial charge in [0.25, 0.3) is 0 Å². The molecule has 6 nitrogen and oxygen atoms in total. The summed E-state index contributed by atoms with van der Waals surface area (Å²) in [4.78, 5) is 21.3. The van der Waals surface area contributed by atoms with Gasteiger partial charge in [0, 0.05) is 6.08 Å². The van der Waals surface area contributed by atoms with Crippen LogP contribution in [0.5, 0.6) is 5.75 Å². The van der Waals surface area contributed by atoms with Gasteiger partial charge in [0.05, 0.1) is 7.11 Å². The van der Waals surface area contributed by atoms with Gasteiger partial charge in [-0.3, -0.25) is 0 Å². The van der Waals surface area contributed by atoms with E-state index in [1.165, 1.54) is 6.08 Å². The Morgan fingerprint density at radius 3 is 2.53 bits per heavy atom. The maximum absolute atomic E-state index is 11.2. The van der Waals surface area contributed by atoms with Crippen molar-refractivity contribution < 1.29 is 28.9 Å². The van der Waals surface area contributed by atoms with Crippen LogP contribution in [0.2, 0.25) is 0 Å². The number of aliphatic carboxylic acids is 1. The van der Waals surface area contributed by atoms with Crippen LogP contribution in [-0.4, -0.2) is 37.6 Å². The molecule has 6 heteroatoms. The monoisotopic (exact) mass is 266 g/mol. The molecule has 0 fully saturated rings. The molecule has 0 spiro atoms. The zero-order valence-electron chi connectivity index (χ0n) is 10.4. The molecule has 0 radical (unpaired) electrons. The fourth-order valence-electron chi connectivity index (χ4n) is 1.16. The number of benzene rings is 1. The predicted octanol–water partition coefficient (Wildman–Crippen LogP) is 1.31. The molecule has 0 amide bonds. The average Bonchev–Trinajstić information content (AvgIpc) is 2.41. The highest BCUT2D eigenvalue weighted by Gasteiger charge is 1.99. The Morgan fingerprint density at radius 2 is 1.95 bits per heavy atom. The summed E-state index contributed by atoms with van der Waals surface area (Å²) in [6.45, 7) is -0.895. The number of rotatable bonds is 7. The van der Waals surface area contributed by atoms with Crippen LogP contribution in [-0.2, 0) is 19.1 Å². The lowest BCUT2D eigenvalue weighted by molar-refractivity contribution is -0.158. The van der Waals surface area contributed by atoms with Crippen molar-refractivity contribution in [3.8, 4) is 5.75 Å². The van der Waals surface area contributed by atoms with Gasteiger partial charge < -0.3 is 19.3 Å². The van der Waals surface area contributed by atoms with Crippen LogP contribution in [0.1, 0.15) is 5.56 Å². The molecule has 1 N–H and O–H groups in total. The summed E-state index contributed by atoms with van der Waals surface area (Å²) >= 11 is 0. The van der Waals surface area contributed by atoms with Gasteiger partial charge in [0.2, 0.25) is 0 Å². The van der Waals surface area contributed by atoms with Crippen molar-refractivity contribution in [3.63, 3.8) is 0 Å². The molecule has 102 valence electrons. The van der Waals surface area contributed by atoms with E-state index >= 15 is 0 Å². The molecule has 0 aliphatic rings. The minimum absolute atomic E-state index is 0.391. The molecular weight excluding hydrogens is 252 g/mol. The molecule has 0 aromatic heterocycles. The van der Waals surface area contributed by atoms with E-state index in [-0.39, 0.29) is 0 Å². The fraction of sp³-hybridized carbons (Fsp3) is 0.231. The molecule has 0 aliphatic carbocycles. The van der Waals surface area contributed by atoms with Crippen molar-refractivity contribution in [1.29, 1.82) is 0 Å². The maximum Gasteiger partial charge on any atom is 0.332 e. The summed E-state index contributed by atoms with van der Waals surface area (Å²) in [7, 11) is 1.57. The molecular formula is C13H14O6. The SMILES string of the molecule is COc1ccc(/C=C/C(=O)OCOCC(=O)O)cc1. The quantitative estimate of drug-likeness (QED) is 0.347. The highest BCUT2D eigenvalue weighted by molar-refractivity contribution is 5.87. The van der Waals surface area contributed by atoms with Gasteiger partial charge in [0.1, 0.15) is 12.4 Å². The summed E-state index contributed by atoms with van der Waals surface area (Å²) in [6.07, 6.45) is 2.80. The number of hydrogen-bond donors (Lipinski definition) is 1. The number of hydrogen-bond acceptors (Lipinski definition) is 5. The number of carbonyl (C=O) groups is 2. The molecule has 0 aliphatic heterocycles. The zero-order chi connectivity index (χ0) is 14.1. The highest BCUT2D eigenvalue weighted by Crippen LogP contribution is 2.12. The molecule has 0 bridgehead atoms. The van der Waals surface area contributed by atoms with E-state index in [0.717, 1.165) is 11.3 Å². The Hall–Kier alpha value is -2.34. The van der Waals surface area contributed by atoms with E-state index in [2.05, 4.69) is 9.47 Å². The van der Waals surface area contributed by atoms with E-state index in [9.17, 15) is 9.59 Å². The normalized spacial score (nSPS) is 10.4. The minimum atomic E-state index is -1.12. The second-order valence-corrected chi connectivity index (χ2v) is 3.43. The molecule has 0 heterocycles. The zero-order valence-corrected chi connectivity index (χ0v) is 10.4. The summed E-state index contributed by atoms with van der Waals surface area (Å²) < 4.78 is 14.2. The first kappa shape index (κ1) is 14.7. The smallest absolute Gasteiger partial charge is 0.332 e. The second kappa shape index (κ2) is 7.88. The van der Waals surface area contributed by atoms with E-state index in [0.29, 0.717) is 0 Å². The van der Waals surface area contributed by atoms with Crippen LogP contribution in [0.4, 0.5) is 0 Å². The molecule has 0 atom stereocenters. The number of esters is 1. The Labute approximate surface area is 110 Å². The van der Waals surface area contributed by atoms with Gasteiger partial charge >= 0.3 is 11.9 Å². The van der Waals surface area contributed by atoms with Crippen molar-refractivity contribution in [3.05, 3.63) is 35.9 Å². The van der Waals surface area contributed by atoms with Crippen LogP contribution in [0.25, 0.3) is 6.08 Å². The van der Waals surface area contributed by atoms with Crippen LogP contribution < -0.4 is 4.74 Å². The summed E-state index contributed by atoms with van der Waals surface area (Å²) in [5.74, 6) is -1.01. The number of ether oxygens (including phenoxy) is 3. The molecule has 19 heavy (non-hydrogen) atoms. The third kappa shape index (κ3) is 6.23. The lowest BCUT2D eigenvalue weighted by atomic mass is 10.2. The van der Waals surface area contributed by atoms with Gasteiger partial charge in [-0.15, -0.1) is 0 Å². The molecule has 1 aromatic rings. The Morgan fingerprint density at radius 1 is 1.26 bits per heavy atom. The summed E-state index contributed by atoms with van der Waals surface area (Å²) in [5.41, 5.74) is 0.809. The minimum Gasteiger partial charge on any atom is -0.497 e. The van der Waals surface area contributed by atoms with Crippen LogP contribution in [0.15, 0.2) is 30.3 Å². The summed E-state index contributed by atoms with van der Waals surface area (Å²) in [6, 6.07) is 7.09. The lowest BCUT2D eigenvalue weighted by Crippen LogP contribution is -2.11. The van der Waals surface area contributed by atoms with Gasteiger partial charge in [0.15, 0.2) is 6.79 Å². The first-order chi connectivity index (χ1) is 9.11. The Balaban J connectivity index is 2.34. The maximum atomic E-state index is 11.2. The third-order valence-electron chi connectivity index (χ3n) is 2.04. The van der Waals surface area contributed by atoms with E-state index in [4.69, 9.17) is 9.84 Å². The van der Waals surface area contributed by atoms with E-state index in [1.54, 1.807) is 37.5 Å². The van der Waals surface area contributed by atoms with Gasteiger partial charge in [-0.1, -0.05) is 12.1 Å². The highest BCUT2D eigenvalue weighted by atomic mass is 16.7. The molecule has 0 saturated carbocycles. The van der Waals surface area contributed by atoms with Gasteiger partial charge in [-0.2, -0.15) is 0 Å². The summed E-state index contributed by atoms with van der Waals surface area (Å²) in [5, 5.41) is 8.28. The lowest BCUT2D eigenvalue weighted by Gasteiger charge is -2.01. The van der Waals surface area contributed by atoms with Crippen LogP contribution >= 0.6 is 0 Å². The van der Waals surface area contributed by atoms with Crippen LogP contribution in [0, 0.1) is 0 Å². The van der Waals surface area contributed by atoms with Crippen molar-refractivity contribution in [1.82, 2.24) is 0 Å². The third-order valence-corrected chi connectivity index (χ3v) is 2.04. The first-order valence-electron chi connectivity index (χ1n) is 5.40. The van der Waals surface area contributed by atoms with E-state index < -0.39 is 25.3 Å². The van der Waals surface area contributed by atoms with Crippen molar-refractivity contribution >= 4 is 18.0 Å². The topological polar surface area (TPSA) is 82.1 Å². The molecule has 0 unspecified atom stereocenters. The molecule has 0 saturated heterocycles. The number of carboxylic acid groups (broad SMARTS) is 1. The van der Waals surface area contributed by atoms with Crippen molar-refractivity contribution in [2.24, 2.45) is 0 Å². The molecule has 1 rings (SSSR count). The van der Waals surface area contributed by atoms with Gasteiger partial charge in [-0.25, -0.2) is 9.59 Å². The second-order valence-electron chi connectivity index (χ2n) is 3.43. The fourth-order valence-corrected chi connectivity index (χ4v) is 1.16.